The largest absolute Gasteiger partial charge is 0.449 e. The average Bonchev–Trinajstić information content (AvgIpc) is 2.35. The quantitative estimate of drug-likeness (QED) is 0.791. The maximum atomic E-state index is 12.0. The van der Waals surface area contributed by atoms with E-state index in [1.807, 2.05) is 4.72 Å². The van der Waals surface area contributed by atoms with E-state index in [2.05, 4.69) is 30.8 Å². The summed E-state index contributed by atoms with van der Waals surface area (Å²) in [5.74, 6) is 0.457. The highest BCUT2D eigenvalue weighted by Crippen LogP contribution is 2.19. The van der Waals surface area contributed by atoms with Crippen LogP contribution in [0.25, 0.3) is 0 Å². The van der Waals surface area contributed by atoms with E-state index in [-0.39, 0.29) is 12.1 Å². The van der Waals surface area contributed by atoms with Gasteiger partial charge in [0.1, 0.15) is 0 Å². The van der Waals surface area contributed by atoms with Crippen LogP contribution < -0.4 is 10.0 Å². The van der Waals surface area contributed by atoms with Crippen LogP contribution in [0.2, 0.25) is 0 Å². The molecule has 1 fully saturated rings. The number of amides is 1. The first-order valence-electron chi connectivity index (χ1n) is 7.33. The van der Waals surface area contributed by atoms with Crippen molar-refractivity contribution in [2.45, 2.75) is 46.1 Å². The zero-order chi connectivity index (χ0) is 16.1. The Hall–Kier alpha value is -0.860. The van der Waals surface area contributed by atoms with Gasteiger partial charge >= 0.3 is 16.3 Å². The summed E-state index contributed by atoms with van der Waals surface area (Å²) < 4.78 is 31.8. The maximum absolute atomic E-state index is 12.0. The molecule has 124 valence electrons. The van der Waals surface area contributed by atoms with Crippen molar-refractivity contribution in [1.29, 1.82) is 0 Å². The number of nitrogens with zero attached hydrogens (tertiary/aromatic N) is 1. The second-order valence-electron chi connectivity index (χ2n) is 6.30. The van der Waals surface area contributed by atoms with Gasteiger partial charge in [0.05, 0.1) is 6.61 Å². The Balaban J connectivity index is 2.43. The van der Waals surface area contributed by atoms with Gasteiger partial charge in [-0.15, -0.1) is 0 Å². The smallest absolute Gasteiger partial charge is 0.421 e. The summed E-state index contributed by atoms with van der Waals surface area (Å²) in [5.41, 5.74) is 0.0642. The van der Waals surface area contributed by atoms with Gasteiger partial charge in [0, 0.05) is 18.6 Å². The topological polar surface area (TPSA) is 87.7 Å². The Bertz CT molecular complexity index is 437. The Morgan fingerprint density at radius 1 is 1.29 bits per heavy atom. The highest BCUT2D eigenvalue weighted by Gasteiger charge is 2.29. The first kappa shape index (κ1) is 18.2. The number of carbonyl (C=O) groups is 1. The normalized spacial score (nSPS) is 18.5. The lowest BCUT2D eigenvalue weighted by molar-refractivity contribution is 0.157. The van der Waals surface area contributed by atoms with Gasteiger partial charge in [-0.2, -0.15) is 12.7 Å². The van der Waals surface area contributed by atoms with Crippen molar-refractivity contribution in [2.24, 2.45) is 5.92 Å². The summed E-state index contributed by atoms with van der Waals surface area (Å²) in [6.45, 7) is 9.81. The molecule has 1 aliphatic heterocycles. The van der Waals surface area contributed by atoms with Gasteiger partial charge in [0.2, 0.25) is 0 Å². The van der Waals surface area contributed by atoms with Crippen LogP contribution in [0.1, 0.15) is 40.5 Å². The second kappa shape index (κ2) is 7.42. The molecule has 1 saturated heterocycles. The molecule has 1 aliphatic rings. The Morgan fingerprint density at radius 3 is 2.33 bits per heavy atom. The number of hydrogen-bond donors (Lipinski definition) is 2. The van der Waals surface area contributed by atoms with Crippen LogP contribution in [0.4, 0.5) is 4.79 Å². The molecule has 0 radical (unpaired) electrons. The Labute approximate surface area is 127 Å². The van der Waals surface area contributed by atoms with Gasteiger partial charge in [-0.25, -0.2) is 9.52 Å². The van der Waals surface area contributed by atoms with E-state index in [4.69, 9.17) is 0 Å². The van der Waals surface area contributed by atoms with Gasteiger partial charge in [-0.05, 0) is 53.0 Å². The van der Waals surface area contributed by atoms with Crippen molar-refractivity contribution in [3.8, 4) is 0 Å². The summed E-state index contributed by atoms with van der Waals surface area (Å²) in [7, 11) is -3.78. The maximum Gasteiger partial charge on any atom is 0.421 e. The van der Waals surface area contributed by atoms with Crippen LogP contribution in [-0.4, -0.2) is 50.6 Å². The minimum atomic E-state index is -3.78. The van der Waals surface area contributed by atoms with Crippen molar-refractivity contribution < 1.29 is 17.9 Å². The van der Waals surface area contributed by atoms with Crippen molar-refractivity contribution >= 4 is 16.3 Å². The molecule has 1 rings (SSSR count). The molecule has 0 atom stereocenters. The molecule has 1 heterocycles. The van der Waals surface area contributed by atoms with Crippen LogP contribution in [0, 0.1) is 5.92 Å². The van der Waals surface area contributed by atoms with E-state index < -0.39 is 16.3 Å². The predicted molar refractivity (Wildman–Crippen MR) is 81.1 cm³/mol. The summed E-state index contributed by atoms with van der Waals surface area (Å²) in [6, 6.07) is 0. The molecule has 0 bridgehead atoms. The number of carbonyl (C=O) groups excluding carboxylic acids is 1. The fraction of sp³-hybridized carbons (Fsp3) is 0.923. The summed E-state index contributed by atoms with van der Waals surface area (Å²) in [5, 5.41) is 3.44. The summed E-state index contributed by atoms with van der Waals surface area (Å²) in [4.78, 5) is 11.2. The first-order chi connectivity index (χ1) is 9.64. The van der Waals surface area contributed by atoms with Gasteiger partial charge in [-0.1, -0.05) is 0 Å². The third-order valence-electron chi connectivity index (χ3n) is 3.32. The molecular formula is C13H27N3O4S. The molecule has 0 unspecified atom stereocenters. The predicted octanol–water partition coefficient (Wildman–Crippen LogP) is 1.08. The van der Waals surface area contributed by atoms with E-state index in [1.165, 1.54) is 4.31 Å². The van der Waals surface area contributed by atoms with E-state index in [0.717, 1.165) is 19.4 Å². The zero-order valence-electron chi connectivity index (χ0n) is 13.3. The third-order valence-corrected chi connectivity index (χ3v) is 4.79. The van der Waals surface area contributed by atoms with Crippen molar-refractivity contribution in [3.05, 3.63) is 0 Å². The Morgan fingerprint density at radius 2 is 1.86 bits per heavy atom. The van der Waals surface area contributed by atoms with Crippen molar-refractivity contribution in [3.63, 3.8) is 0 Å². The van der Waals surface area contributed by atoms with Gasteiger partial charge in [0.15, 0.2) is 0 Å². The molecule has 0 aromatic carbocycles. The SMILES string of the molecule is CCOC(=O)NS(=O)(=O)N1CCC(CNC(C)(C)C)CC1. The fourth-order valence-electron chi connectivity index (χ4n) is 2.13. The molecule has 21 heavy (non-hydrogen) atoms. The van der Waals surface area contributed by atoms with Gasteiger partial charge < -0.3 is 10.1 Å². The number of rotatable bonds is 5. The number of ether oxygens (including phenoxy) is 1. The van der Waals surface area contributed by atoms with E-state index in [0.29, 0.717) is 19.0 Å². The summed E-state index contributed by atoms with van der Waals surface area (Å²) >= 11 is 0. The van der Waals surface area contributed by atoms with Crippen molar-refractivity contribution in [2.75, 3.05) is 26.2 Å². The van der Waals surface area contributed by atoms with Crippen LogP contribution in [0.5, 0.6) is 0 Å². The molecule has 8 heteroatoms. The lowest BCUT2D eigenvalue weighted by atomic mass is 9.97. The highest BCUT2D eigenvalue weighted by atomic mass is 32.2. The monoisotopic (exact) mass is 321 g/mol. The lowest BCUT2D eigenvalue weighted by Crippen LogP contribution is -2.48. The highest BCUT2D eigenvalue weighted by molar-refractivity contribution is 7.87. The average molecular weight is 321 g/mol. The van der Waals surface area contributed by atoms with Crippen LogP contribution in [0.3, 0.4) is 0 Å². The van der Waals surface area contributed by atoms with Crippen LogP contribution in [-0.2, 0) is 14.9 Å². The molecule has 0 spiro atoms. The van der Waals surface area contributed by atoms with E-state index in [1.54, 1.807) is 6.92 Å². The third kappa shape index (κ3) is 6.62. The molecule has 0 aromatic heterocycles. The van der Waals surface area contributed by atoms with Gasteiger partial charge in [0.25, 0.3) is 0 Å². The molecule has 0 aliphatic carbocycles. The fourth-order valence-corrected chi connectivity index (χ4v) is 3.22. The van der Waals surface area contributed by atoms with E-state index >= 15 is 0 Å². The van der Waals surface area contributed by atoms with Crippen LogP contribution in [0.15, 0.2) is 0 Å². The number of hydrogen-bond acceptors (Lipinski definition) is 5. The summed E-state index contributed by atoms with van der Waals surface area (Å²) in [6.07, 6.45) is 0.647. The number of piperidine rings is 1. The lowest BCUT2D eigenvalue weighted by Gasteiger charge is -2.32. The van der Waals surface area contributed by atoms with Crippen molar-refractivity contribution in [1.82, 2.24) is 14.3 Å². The molecule has 7 nitrogen and oxygen atoms in total. The molecule has 2 N–H and O–H groups in total. The minimum Gasteiger partial charge on any atom is -0.449 e. The molecular weight excluding hydrogens is 294 g/mol. The first-order valence-corrected chi connectivity index (χ1v) is 8.77. The number of nitrogens with one attached hydrogen (secondary N) is 2. The van der Waals surface area contributed by atoms with Gasteiger partial charge in [-0.3, -0.25) is 0 Å². The minimum absolute atomic E-state index is 0.0642. The second-order valence-corrected chi connectivity index (χ2v) is 7.97. The molecule has 0 aromatic rings. The Kier molecular flexibility index (Phi) is 6.42. The molecule has 0 saturated carbocycles. The molecule has 1 amide bonds. The van der Waals surface area contributed by atoms with E-state index in [9.17, 15) is 13.2 Å². The van der Waals surface area contributed by atoms with Crippen LogP contribution >= 0.6 is 0 Å². The zero-order valence-corrected chi connectivity index (χ0v) is 14.1. The standard InChI is InChI=1S/C13H27N3O4S/c1-5-20-12(17)15-21(18,19)16-8-6-11(7-9-16)10-14-13(2,3)4/h11,14H,5-10H2,1-4H3,(H,15,17).